The second-order valence-corrected chi connectivity index (χ2v) is 7.68. The van der Waals surface area contributed by atoms with E-state index in [4.69, 9.17) is 0 Å². The van der Waals surface area contributed by atoms with E-state index in [2.05, 4.69) is 20.5 Å². The molecule has 1 N–H and O–H groups in total. The summed E-state index contributed by atoms with van der Waals surface area (Å²) < 4.78 is 1.87. The normalized spacial score (nSPS) is 16.1. The number of carbonyl (C=O) groups excluding carboxylic acids is 2. The molecule has 1 aliphatic rings. The molecular weight excluding hydrogens is 382 g/mol. The van der Waals surface area contributed by atoms with Crippen LogP contribution in [0.5, 0.6) is 0 Å². The predicted molar refractivity (Wildman–Crippen MR) is 111 cm³/mol. The second kappa shape index (κ2) is 8.48. The first kappa shape index (κ1) is 19.8. The maximum atomic E-state index is 12.6. The van der Waals surface area contributed by atoms with Crippen molar-refractivity contribution < 1.29 is 9.59 Å². The summed E-state index contributed by atoms with van der Waals surface area (Å²) in [5.74, 6) is 0.730. The van der Waals surface area contributed by atoms with E-state index in [0.29, 0.717) is 30.8 Å². The van der Waals surface area contributed by atoms with Crippen LogP contribution in [-0.2, 0) is 6.42 Å². The summed E-state index contributed by atoms with van der Waals surface area (Å²) in [5, 5.41) is 11.5. The highest BCUT2D eigenvalue weighted by Gasteiger charge is 2.31. The standard InChI is InChI=1S/C21H25N7O2/c1-26(2)21(30)27-11-8-16(13-27)19-25-24-18-6-5-17(14-28(18)19)20(29)23-10-7-15-4-3-9-22-12-15/h3-6,9,12,14,16H,7-8,10-11,13H2,1-2H3,(H,23,29). The first-order valence-corrected chi connectivity index (χ1v) is 10.0. The van der Waals surface area contributed by atoms with Gasteiger partial charge in [-0.05, 0) is 36.6 Å². The number of fused-ring (bicyclic) bond motifs is 1. The van der Waals surface area contributed by atoms with Gasteiger partial charge in [-0.2, -0.15) is 0 Å². The molecule has 1 fully saturated rings. The molecule has 0 bridgehead atoms. The summed E-state index contributed by atoms with van der Waals surface area (Å²) in [6.45, 7) is 1.81. The minimum Gasteiger partial charge on any atom is -0.352 e. The Morgan fingerprint density at radius 1 is 1.23 bits per heavy atom. The van der Waals surface area contributed by atoms with Gasteiger partial charge in [0.1, 0.15) is 5.82 Å². The number of hydrogen-bond donors (Lipinski definition) is 1. The van der Waals surface area contributed by atoms with Crippen LogP contribution in [0.3, 0.4) is 0 Å². The van der Waals surface area contributed by atoms with E-state index in [1.165, 1.54) is 0 Å². The van der Waals surface area contributed by atoms with Crippen LogP contribution >= 0.6 is 0 Å². The van der Waals surface area contributed by atoms with Gasteiger partial charge >= 0.3 is 6.03 Å². The highest BCUT2D eigenvalue weighted by molar-refractivity contribution is 5.94. The fraction of sp³-hybridized carbons (Fsp3) is 0.381. The summed E-state index contributed by atoms with van der Waals surface area (Å²) in [5.41, 5.74) is 2.32. The molecule has 9 nitrogen and oxygen atoms in total. The van der Waals surface area contributed by atoms with Gasteiger partial charge < -0.3 is 15.1 Å². The van der Waals surface area contributed by atoms with Crippen LogP contribution in [0.4, 0.5) is 4.79 Å². The number of likely N-dealkylation sites (tertiary alicyclic amines) is 1. The second-order valence-electron chi connectivity index (χ2n) is 7.68. The van der Waals surface area contributed by atoms with Crippen molar-refractivity contribution in [3.05, 3.63) is 59.8 Å². The van der Waals surface area contributed by atoms with Crippen molar-refractivity contribution >= 4 is 17.6 Å². The molecule has 1 aliphatic heterocycles. The van der Waals surface area contributed by atoms with E-state index in [9.17, 15) is 9.59 Å². The van der Waals surface area contributed by atoms with Crippen molar-refractivity contribution in [1.82, 2.24) is 34.7 Å². The van der Waals surface area contributed by atoms with Gasteiger partial charge in [-0.15, -0.1) is 10.2 Å². The number of hydrogen-bond acceptors (Lipinski definition) is 5. The van der Waals surface area contributed by atoms with Crippen LogP contribution in [0.2, 0.25) is 0 Å². The molecular formula is C21H25N7O2. The van der Waals surface area contributed by atoms with Crippen molar-refractivity contribution in [1.29, 1.82) is 0 Å². The molecule has 1 unspecified atom stereocenters. The van der Waals surface area contributed by atoms with E-state index in [1.807, 2.05) is 21.4 Å². The largest absolute Gasteiger partial charge is 0.352 e. The Labute approximate surface area is 174 Å². The van der Waals surface area contributed by atoms with Crippen molar-refractivity contribution in [3.63, 3.8) is 0 Å². The Morgan fingerprint density at radius 3 is 2.87 bits per heavy atom. The third kappa shape index (κ3) is 4.10. The smallest absolute Gasteiger partial charge is 0.319 e. The number of nitrogens with one attached hydrogen (secondary N) is 1. The maximum absolute atomic E-state index is 12.6. The highest BCUT2D eigenvalue weighted by atomic mass is 16.2. The van der Waals surface area contributed by atoms with Crippen molar-refractivity contribution in [2.75, 3.05) is 33.7 Å². The van der Waals surface area contributed by atoms with Gasteiger partial charge in [0.15, 0.2) is 5.65 Å². The van der Waals surface area contributed by atoms with Crippen LogP contribution in [0.25, 0.3) is 5.65 Å². The minimum absolute atomic E-state index is 0.00000347. The predicted octanol–water partition coefficient (Wildman–Crippen LogP) is 1.57. The Morgan fingerprint density at radius 2 is 2.10 bits per heavy atom. The summed E-state index contributed by atoms with van der Waals surface area (Å²) in [4.78, 5) is 32.3. The maximum Gasteiger partial charge on any atom is 0.319 e. The topological polar surface area (TPSA) is 95.7 Å². The fourth-order valence-electron chi connectivity index (χ4n) is 3.72. The van der Waals surface area contributed by atoms with Gasteiger partial charge in [-0.3, -0.25) is 14.2 Å². The van der Waals surface area contributed by atoms with Crippen molar-refractivity contribution in [2.45, 2.75) is 18.8 Å². The zero-order valence-electron chi connectivity index (χ0n) is 17.2. The first-order valence-electron chi connectivity index (χ1n) is 10.0. The number of aromatic nitrogens is 4. The number of pyridine rings is 2. The molecule has 4 rings (SSSR count). The van der Waals surface area contributed by atoms with E-state index < -0.39 is 0 Å². The van der Waals surface area contributed by atoms with Gasteiger partial charge in [0, 0.05) is 58.2 Å². The fourth-order valence-corrected chi connectivity index (χ4v) is 3.72. The zero-order chi connectivity index (χ0) is 21.1. The molecule has 1 atom stereocenters. The SMILES string of the molecule is CN(C)C(=O)N1CCC(c2nnc3ccc(C(=O)NCCc4cccnc4)cn23)C1. The van der Waals surface area contributed by atoms with E-state index in [1.54, 1.807) is 49.7 Å². The molecule has 3 aromatic rings. The van der Waals surface area contributed by atoms with Gasteiger partial charge in [-0.25, -0.2) is 4.79 Å². The van der Waals surface area contributed by atoms with Crippen LogP contribution in [0.15, 0.2) is 42.9 Å². The molecule has 0 saturated carbocycles. The number of rotatable bonds is 5. The van der Waals surface area contributed by atoms with Crippen molar-refractivity contribution in [3.8, 4) is 0 Å². The summed E-state index contributed by atoms with van der Waals surface area (Å²) in [6, 6.07) is 7.42. The van der Waals surface area contributed by atoms with Crippen molar-refractivity contribution in [2.24, 2.45) is 0 Å². The zero-order valence-corrected chi connectivity index (χ0v) is 17.2. The highest BCUT2D eigenvalue weighted by Crippen LogP contribution is 2.27. The third-order valence-corrected chi connectivity index (χ3v) is 5.32. The van der Waals surface area contributed by atoms with Crippen LogP contribution in [0, 0.1) is 0 Å². The van der Waals surface area contributed by atoms with E-state index in [-0.39, 0.29) is 17.9 Å². The number of urea groups is 1. The number of amides is 3. The molecule has 0 spiro atoms. The minimum atomic E-state index is -0.142. The Balaban J connectivity index is 1.45. The van der Waals surface area contributed by atoms with Gasteiger partial charge in [-0.1, -0.05) is 6.07 Å². The molecule has 0 aromatic carbocycles. The van der Waals surface area contributed by atoms with E-state index >= 15 is 0 Å². The third-order valence-electron chi connectivity index (χ3n) is 5.32. The number of carbonyl (C=O) groups is 2. The average molecular weight is 407 g/mol. The van der Waals surface area contributed by atoms with Gasteiger partial charge in [0.25, 0.3) is 5.91 Å². The summed E-state index contributed by atoms with van der Waals surface area (Å²) in [6.07, 6.45) is 6.85. The first-order chi connectivity index (χ1) is 14.5. The van der Waals surface area contributed by atoms with Crippen LogP contribution in [-0.4, -0.2) is 75.0 Å². The lowest BCUT2D eigenvalue weighted by Gasteiger charge is -2.21. The molecule has 4 heterocycles. The lowest BCUT2D eigenvalue weighted by atomic mass is 10.1. The number of nitrogens with zero attached hydrogens (tertiary/aromatic N) is 6. The molecule has 9 heteroatoms. The molecule has 1 saturated heterocycles. The van der Waals surface area contributed by atoms with Crippen LogP contribution < -0.4 is 5.32 Å². The monoisotopic (exact) mass is 407 g/mol. The molecule has 3 amide bonds. The Bertz CT molecular complexity index is 1050. The summed E-state index contributed by atoms with van der Waals surface area (Å²) in [7, 11) is 3.50. The summed E-state index contributed by atoms with van der Waals surface area (Å²) >= 11 is 0. The lowest BCUT2D eigenvalue weighted by Crippen LogP contribution is -2.37. The lowest BCUT2D eigenvalue weighted by molar-refractivity contribution is 0.0953. The average Bonchev–Trinajstić information content (AvgIpc) is 3.40. The Kier molecular flexibility index (Phi) is 5.60. The Hall–Kier alpha value is -3.49. The van der Waals surface area contributed by atoms with Crippen LogP contribution in [0.1, 0.15) is 34.1 Å². The van der Waals surface area contributed by atoms with E-state index in [0.717, 1.165) is 24.2 Å². The van der Waals surface area contributed by atoms with Gasteiger partial charge in [0.05, 0.1) is 5.56 Å². The molecule has 156 valence electrons. The molecule has 0 aliphatic carbocycles. The molecule has 30 heavy (non-hydrogen) atoms. The quantitative estimate of drug-likeness (QED) is 0.693. The molecule has 3 aromatic heterocycles. The van der Waals surface area contributed by atoms with Gasteiger partial charge in [0.2, 0.25) is 0 Å². The molecule has 0 radical (unpaired) electrons.